The van der Waals surface area contributed by atoms with Crippen molar-refractivity contribution in [2.24, 2.45) is 0 Å². The number of para-hydroxylation sites is 1. The Bertz CT molecular complexity index is 554. The molecule has 18 heavy (non-hydrogen) atoms. The van der Waals surface area contributed by atoms with Crippen LogP contribution in [0, 0.1) is 6.92 Å². The van der Waals surface area contributed by atoms with Crippen LogP contribution in [0.5, 0.6) is 0 Å². The molecule has 0 atom stereocenters. The van der Waals surface area contributed by atoms with Crippen LogP contribution in [0.3, 0.4) is 0 Å². The van der Waals surface area contributed by atoms with E-state index in [9.17, 15) is 4.79 Å². The van der Waals surface area contributed by atoms with Gasteiger partial charge in [0.25, 0.3) is 0 Å². The standard InChI is InChI=1S/C13H12ClN3O/c1-9-4-2-3-5-11(9)17-13(18)16-10-6-7-12(14)15-8-10/h2-8H,1H3,(H2,16,17,18). The monoisotopic (exact) mass is 261 g/mol. The van der Waals surface area contributed by atoms with E-state index < -0.39 is 0 Å². The minimum atomic E-state index is -0.312. The van der Waals surface area contributed by atoms with Crippen LogP contribution in [0.2, 0.25) is 5.15 Å². The van der Waals surface area contributed by atoms with Gasteiger partial charge in [0, 0.05) is 5.69 Å². The third-order valence-corrected chi connectivity index (χ3v) is 2.60. The first kappa shape index (κ1) is 12.4. The molecule has 2 aromatic rings. The van der Waals surface area contributed by atoms with Crippen LogP contribution < -0.4 is 10.6 Å². The second-order valence-electron chi connectivity index (χ2n) is 3.76. The number of anilines is 2. The first-order valence-electron chi connectivity index (χ1n) is 5.40. The lowest BCUT2D eigenvalue weighted by Gasteiger charge is -2.09. The lowest BCUT2D eigenvalue weighted by Crippen LogP contribution is -2.19. The third-order valence-electron chi connectivity index (χ3n) is 2.38. The van der Waals surface area contributed by atoms with Gasteiger partial charge in [-0.15, -0.1) is 0 Å². The van der Waals surface area contributed by atoms with Crippen LogP contribution in [0.1, 0.15) is 5.56 Å². The number of pyridine rings is 1. The number of rotatable bonds is 2. The summed E-state index contributed by atoms with van der Waals surface area (Å²) in [7, 11) is 0. The summed E-state index contributed by atoms with van der Waals surface area (Å²) in [4.78, 5) is 15.6. The number of hydrogen-bond acceptors (Lipinski definition) is 2. The topological polar surface area (TPSA) is 54.0 Å². The zero-order chi connectivity index (χ0) is 13.0. The number of carbonyl (C=O) groups excluding carboxylic acids is 1. The largest absolute Gasteiger partial charge is 0.323 e. The van der Waals surface area contributed by atoms with E-state index in [2.05, 4.69) is 15.6 Å². The van der Waals surface area contributed by atoms with Gasteiger partial charge < -0.3 is 10.6 Å². The molecule has 0 saturated heterocycles. The molecular weight excluding hydrogens is 250 g/mol. The van der Waals surface area contributed by atoms with Gasteiger partial charge in [-0.3, -0.25) is 0 Å². The molecule has 0 bridgehead atoms. The molecule has 1 aromatic carbocycles. The summed E-state index contributed by atoms with van der Waals surface area (Å²) in [5, 5.41) is 5.82. The zero-order valence-electron chi connectivity index (χ0n) is 9.77. The highest BCUT2D eigenvalue weighted by Gasteiger charge is 2.04. The lowest BCUT2D eigenvalue weighted by molar-refractivity contribution is 0.262. The predicted octanol–water partition coefficient (Wildman–Crippen LogP) is 3.69. The highest BCUT2D eigenvalue weighted by molar-refractivity contribution is 6.29. The number of amides is 2. The van der Waals surface area contributed by atoms with Crippen LogP contribution in [-0.4, -0.2) is 11.0 Å². The molecule has 0 fully saturated rings. The van der Waals surface area contributed by atoms with Crippen LogP contribution in [0.15, 0.2) is 42.6 Å². The number of benzene rings is 1. The first-order chi connectivity index (χ1) is 8.65. The van der Waals surface area contributed by atoms with Crippen molar-refractivity contribution < 1.29 is 4.79 Å². The van der Waals surface area contributed by atoms with Crippen molar-refractivity contribution in [3.63, 3.8) is 0 Å². The summed E-state index contributed by atoms with van der Waals surface area (Å²) in [6.45, 7) is 1.93. The molecule has 5 heteroatoms. The quantitative estimate of drug-likeness (QED) is 0.810. The smallest absolute Gasteiger partial charge is 0.307 e. The number of halogens is 1. The highest BCUT2D eigenvalue weighted by atomic mass is 35.5. The average molecular weight is 262 g/mol. The Morgan fingerprint density at radius 2 is 1.94 bits per heavy atom. The number of aryl methyl sites for hydroxylation is 1. The van der Waals surface area contributed by atoms with Crippen molar-refractivity contribution in [1.82, 2.24) is 4.98 Å². The maximum atomic E-state index is 11.7. The van der Waals surface area contributed by atoms with E-state index in [1.807, 2.05) is 31.2 Å². The maximum absolute atomic E-state index is 11.7. The van der Waals surface area contributed by atoms with Crippen molar-refractivity contribution in [3.8, 4) is 0 Å². The molecule has 0 saturated carbocycles. The van der Waals surface area contributed by atoms with Gasteiger partial charge in [0.1, 0.15) is 5.15 Å². The Labute approximate surface area is 110 Å². The van der Waals surface area contributed by atoms with Gasteiger partial charge in [-0.05, 0) is 30.7 Å². The number of nitrogens with zero attached hydrogens (tertiary/aromatic N) is 1. The summed E-state index contributed by atoms with van der Waals surface area (Å²) in [6.07, 6.45) is 1.50. The molecule has 4 nitrogen and oxygen atoms in total. The number of nitrogens with one attached hydrogen (secondary N) is 2. The molecule has 1 heterocycles. The fourth-order valence-electron chi connectivity index (χ4n) is 1.45. The van der Waals surface area contributed by atoms with Crippen LogP contribution in [-0.2, 0) is 0 Å². The van der Waals surface area contributed by atoms with Gasteiger partial charge in [0.15, 0.2) is 0 Å². The Hall–Kier alpha value is -2.07. The second-order valence-corrected chi connectivity index (χ2v) is 4.15. The molecule has 0 unspecified atom stereocenters. The van der Waals surface area contributed by atoms with Gasteiger partial charge >= 0.3 is 6.03 Å². The maximum Gasteiger partial charge on any atom is 0.323 e. The number of hydrogen-bond donors (Lipinski definition) is 2. The van der Waals surface area contributed by atoms with Gasteiger partial charge in [-0.1, -0.05) is 29.8 Å². The predicted molar refractivity (Wildman–Crippen MR) is 73.1 cm³/mol. The van der Waals surface area contributed by atoms with E-state index in [1.54, 1.807) is 12.1 Å². The van der Waals surface area contributed by atoms with Crippen LogP contribution in [0.4, 0.5) is 16.2 Å². The van der Waals surface area contributed by atoms with Gasteiger partial charge in [0.05, 0.1) is 11.9 Å². The molecule has 0 radical (unpaired) electrons. The van der Waals surface area contributed by atoms with E-state index >= 15 is 0 Å². The van der Waals surface area contributed by atoms with E-state index in [-0.39, 0.29) is 6.03 Å². The molecule has 1 aromatic heterocycles. The molecule has 0 aliphatic rings. The highest BCUT2D eigenvalue weighted by Crippen LogP contribution is 2.14. The van der Waals surface area contributed by atoms with Crippen molar-refractivity contribution in [2.45, 2.75) is 6.92 Å². The molecule has 0 spiro atoms. The molecule has 0 aliphatic heterocycles. The summed E-state index contributed by atoms with van der Waals surface area (Å²) >= 11 is 5.66. The van der Waals surface area contributed by atoms with Crippen molar-refractivity contribution >= 4 is 29.0 Å². The SMILES string of the molecule is Cc1ccccc1NC(=O)Nc1ccc(Cl)nc1. The van der Waals surface area contributed by atoms with E-state index in [1.165, 1.54) is 6.20 Å². The number of urea groups is 1. The average Bonchev–Trinajstić information content (AvgIpc) is 2.35. The Morgan fingerprint density at radius 3 is 2.61 bits per heavy atom. The Kier molecular flexibility index (Phi) is 3.79. The summed E-state index contributed by atoms with van der Waals surface area (Å²) in [6, 6.07) is 10.5. The van der Waals surface area contributed by atoms with Crippen molar-refractivity contribution in [3.05, 3.63) is 53.3 Å². The molecule has 2 amide bonds. The third kappa shape index (κ3) is 3.21. The first-order valence-corrected chi connectivity index (χ1v) is 5.78. The zero-order valence-corrected chi connectivity index (χ0v) is 10.5. The number of aromatic nitrogens is 1. The van der Waals surface area contributed by atoms with Gasteiger partial charge in [0.2, 0.25) is 0 Å². The minimum Gasteiger partial charge on any atom is -0.307 e. The molecule has 2 N–H and O–H groups in total. The normalized spacial score (nSPS) is 9.89. The summed E-state index contributed by atoms with van der Waals surface area (Å²) < 4.78 is 0. The Balaban J connectivity index is 2.01. The molecule has 92 valence electrons. The van der Waals surface area contributed by atoms with Gasteiger partial charge in [-0.25, -0.2) is 9.78 Å². The fraction of sp³-hybridized carbons (Fsp3) is 0.0769. The van der Waals surface area contributed by atoms with E-state index in [0.717, 1.165) is 11.3 Å². The van der Waals surface area contributed by atoms with E-state index in [4.69, 9.17) is 11.6 Å². The minimum absolute atomic E-state index is 0.312. The molecule has 0 aliphatic carbocycles. The number of carbonyl (C=O) groups is 1. The molecular formula is C13H12ClN3O. The summed E-state index contributed by atoms with van der Waals surface area (Å²) in [5.74, 6) is 0. The summed E-state index contributed by atoms with van der Waals surface area (Å²) in [5.41, 5.74) is 2.37. The van der Waals surface area contributed by atoms with Crippen molar-refractivity contribution in [2.75, 3.05) is 10.6 Å². The van der Waals surface area contributed by atoms with Crippen LogP contribution >= 0.6 is 11.6 Å². The fourth-order valence-corrected chi connectivity index (χ4v) is 1.56. The van der Waals surface area contributed by atoms with Crippen LogP contribution in [0.25, 0.3) is 0 Å². The second kappa shape index (κ2) is 5.51. The van der Waals surface area contributed by atoms with Gasteiger partial charge in [-0.2, -0.15) is 0 Å². The Morgan fingerprint density at radius 1 is 1.17 bits per heavy atom. The lowest BCUT2D eigenvalue weighted by atomic mass is 10.2. The molecule has 2 rings (SSSR count). The van der Waals surface area contributed by atoms with Crippen molar-refractivity contribution in [1.29, 1.82) is 0 Å². The van der Waals surface area contributed by atoms with E-state index in [0.29, 0.717) is 10.8 Å².